The number of piperazine rings is 1. The van der Waals surface area contributed by atoms with Crippen molar-refractivity contribution in [3.05, 3.63) is 0 Å². The van der Waals surface area contributed by atoms with Crippen LogP contribution in [0.15, 0.2) is 0 Å². The maximum absolute atomic E-state index is 9.72. The Morgan fingerprint density at radius 3 is 2.40 bits per heavy atom. The highest BCUT2D eigenvalue weighted by molar-refractivity contribution is 4.95. The number of hydrogen-bond acceptors (Lipinski definition) is 3. The van der Waals surface area contributed by atoms with Crippen molar-refractivity contribution in [1.82, 2.24) is 10.2 Å². The number of aliphatic hydroxyl groups is 1. The molecular weight excluding hydrogens is 188 g/mol. The van der Waals surface area contributed by atoms with Gasteiger partial charge in [-0.1, -0.05) is 6.92 Å². The summed E-state index contributed by atoms with van der Waals surface area (Å²) in [4.78, 5) is 2.52. The first-order valence-electron chi connectivity index (χ1n) is 6.33. The number of rotatable bonds is 2. The predicted molar refractivity (Wildman–Crippen MR) is 61.9 cm³/mol. The fourth-order valence-electron chi connectivity index (χ4n) is 3.01. The highest BCUT2D eigenvalue weighted by Crippen LogP contribution is 2.36. The zero-order valence-electron chi connectivity index (χ0n) is 9.84. The van der Waals surface area contributed by atoms with Crippen molar-refractivity contribution >= 4 is 0 Å². The average molecular weight is 212 g/mol. The van der Waals surface area contributed by atoms with E-state index in [1.165, 1.54) is 25.7 Å². The van der Waals surface area contributed by atoms with Crippen LogP contribution in [-0.4, -0.2) is 48.3 Å². The Morgan fingerprint density at radius 2 is 1.87 bits per heavy atom. The molecule has 1 heterocycles. The van der Waals surface area contributed by atoms with Crippen molar-refractivity contribution in [3.8, 4) is 0 Å². The first-order chi connectivity index (χ1) is 7.27. The van der Waals surface area contributed by atoms with Gasteiger partial charge in [-0.15, -0.1) is 0 Å². The van der Waals surface area contributed by atoms with Crippen molar-refractivity contribution in [2.75, 3.05) is 32.8 Å². The topological polar surface area (TPSA) is 35.5 Å². The Labute approximate surface area is 92.8 Å². The lowest BCUT2D eigenvalue weighted by Crippen LogP contribution is -2.59. The van der Waals surface area contributed by atoms with Gasteiger partial charge in [-0.2, -0.15) is 0 Å². The van der Waals surface area contributed by atoms with Crippen LogP contribution in [0.3, 0.4) is 0 Å². The second-order valence-corrected chi connectivity index (χ2v) is 5.30. The summed E-state index contributed by atoms with van der Waals surface area (Å²) >= 11 is 0. The van der Waals surface area contributed by atoms with Crippen LogP contribution in [0, 0.1) is 5.92 Å². The van der Waals surface area contributed by atoms with E-state index >= 15 is 0 Å². The summed E-state index contributed by atoms with van der Waals surface area (Å²) < 4.78 is 0. The fraction of sp³-hybridized carbons (Fsp3) is 1.00. The molecule has 0 bridgehead atoms. The normalized spacial score (nSPS) is 39.2. The lowest BCUT2D eigenvalue weighted by molar-refractivity contribution is -0.0145. The van der Waals surface area contributed by atoms with Gasteiger partial charge in [0.25, 0.3) is 0 Å². The molecule has 0 aromatic heterocycles. The van der Waals surface area contributed by atoms with Crippen LogP contribution in [0.2, 0.25) is 0 Å². The van der Waals surface area contributed by atoms with E-state index in [9.17, 15) is 5.11 Å². The molecule has 0 aromatic carbocycles. The monoisotopic (exact) mass is 212 g/mol. The Kier molecular flexibility index (Phi) is 3.65. The summed E-state index contributed by atoms with van der Waals surface area (Å²) in [5.74, 6) is 0.854. The highest BCUT2D eigenvalue weighted by atomic mass is 16.3. The molecule has 1 saturated heterocycles. The minimum Gasteiger partial charge on any atom is -0.394 e. The molecule has 3 nitrogen and oxygen atoms in total. The van der Waals surface area contributed by atoms with Gasteiger partial charge in [0.15, 0.2) is 0 Å². The second-order valence-electron chi connectivity index (χ2n) is 5.30. The molecule has 88 valence electrons. The first-order valence-corrected chi connectivity index (χ1v) is 6.33. The summed E-state index contributed by atoms with van der Waals surface area (Å²) in [6.45, 7) is 7.05. The molecule has 2 rings (SSSR count). The van der Waals surface area contributed by atoms with Crippen LogP contribution >= 0.6 is 0 Å². The minimum absolute atomic E-state index is 0.120. The molecule has 1 aliphatic heterocycles. The van der Waals surface area contributed by atoms with E-state index < -0.39 is 0 Å². The van der Waals surface area contributed by atoms with E-state index in [0.29, 0.717) is 6.61 Å². The van der Waals surface area contributed by atoms with E-state index in [2.05, 4.69) is 17.1 Å². The van der Waals surface area contributed by atoms with Gasteiger partial charge in [0.05, 0.1) is 6.61 Å². The maximum atomic E-state index is 9.72. The third-order valence-corrected chi connectivity index (χ3v) is 4.29. The summed E-state index contributed by atoms with van der Waals surface area (Å²) in [6.07, 6.45) is 4.93. The van der Waals surface area contributed by atoms with Crippen molar-refractivity contribution in [1.29, 1.82) is 0 Å². The van der Waals surface area contributed by atoms with Gasteiger partial charge in [-0.25, -0.2) is 0 Å². The Hall–Kier alpha value is -0.120. The molecule has 0 atom stereocenters. The van der Waals surface area contributed by atoms with Gasteiger partial charge >= 0.3 is 0 Å². The lowest BCUT2D eigenvalue weighted by atomic mass is 9.76. The molecule has 1 aliphatic carbocycles. The van der Waals surface area contributed by atoms with E-state index in [1.54, 1.807) is 0 Å². The van der Waals surface area contributed by atoms with Gasteiger partial charge in [-0.05, 0) is 31.6 Å². The summed E-state index contributed by atoms with van der Waals surface area (Å²) in [6, 6.07) is 0. The third kappa shape index (κ3) is 2.35. The van der Waals surface area contributed by atoms with Gasteiger partial charge in [0.1, 0.15) is 0 Å². The Morgan fingerprint density at radius 1 is 1.27 bits per heavy atom. The van der Waals surface area contributed by atoms with Crippen LogP contribution in [-0.2, 0) is 0 Å². The molecule has 0 aromatic rings. The zero-order chi connectivity index (χ0) is 10.7. The molecule has 0 unspecified atom stereocenters. The summed E-state index contributed by atoms with van der Waals surface area (Å²) in [5, 5.41) is 13.1. The quantitative estimate of drug-likeness (QED) is 0.712. The van der Waals surface area contributed by atoms with Crippen LogP contribution < -0.4 is 5.32 Å². The summed E-state index contributed by atoms with van der Waals surface area (Å²) in [7, 11) is 0. The maximum Gasteiger partial charge on any atom is 0.0615 e. The second kappa shape index (κ2) is 4.81. The largest absolute Gasteiger partial charge is 0.394 e. The molecule has 1 saturated carbocycles. The van der Waals surface area contributed by atoms with Crippen molar-refractivity contribution in [3.63, 3.8) is 0 Å². The smallest absolute Gasteiger partial charge is 0.0615 e. The van der Waals surface area contributed by atoms with Gasteiger partial charge in [0.2, 0.25) is 0 Å². The predicted octanol–water partition coefficient (Wildman–Crippen LogP) is 0.833. The van der Waals surface area contributed by atoms with Crippen LogP contribution in [0.4, 0.5) is 0 Å². The first kappa shape index (κ1) is 11.4. The van der Waals surface area contributed by atoms with Crippen molar-refractivity contribution in [2.24, 2.45) is 5.92 Å². The minimum atomic E-state index is 0.120. The average Bonchev–Trinajstić information content (AvgIpc) is 2.32. The van der Waals surface area contributed by atoms with Crippen molar-refractivity contribution in [2.45, 2.75) is 38.1 Å². The number of nitrogens with one attached hydrogen (secondary N) is 1. The third-order valence-electron chi connectivity index (χ3n) is 4.29. The van der Waals surface area contributed by atoms with Gasteiger partial charge < -0.3 is 10.4 Å². The van der Waals surface area contributed by atoms with Gasteiger partial charge in [-0.3, -0.25) is 4.90 Å². The SMILES string of the molecule is CC1CCC(CO)(N2CCNCC2)CC1. The Balaban J connectivity index is 2.00. The molecule has 0 radical (unpaired) electrons. The highest BCUT2D eigenvalue weighted by Gasteiger charge is 2.39. The molecule has 2 aliphatic rings. The zero-order valence-corrected chi connectivity index (χ0v) is 9.84. The van der Waals surface area contributed by atoms with Crippen molar-refractivity contribution < 1.29 is 5.11 Å². The van der Waals surface area contributed by atoms with Crippen LogP contribution in [0.1, 0.15) is 32.6 Å². The number of hydrogen-bond donors (Lipinski definition) is 2. The van der Waals surface area contributed by atoms with Crippen LogP contribution in [0.25, 0.3) is 0 Å². The van der Waals surface area contributed by atoms with E-state index in [-0.39, 0.29) is 5.54 Å². The molecule has 2 N–H and O–H groups in total. The molecule has 0 amide bonds. The summed E-state index contributed by atoms with van der Waals surface area (Å²) in [5.41, 5.74) is 0.120. The van der Waals surface area contributed by atoms with E-state index in [0.717, 1.165) is 32.1 Å². The number of nitrogens with zero attached hydrogens (tertiary/aromatic N) is 1. The standard InChI is InChI=1S/C12H24N2O/c1-11-2-4-12(10-15,5-3-11)14-8-6-13-7-9-14/h11,13,15H,2-10H2,1H3. The molecule has 3 heteroatoms. The van der Waals surface area contributed by atoms with E-state index in [4.69, 9.17) is 0 Å². The molecular formula is C12H24N2O. The van der Waals surface area contributed by atoms with Gasteiger partial charge in [0, 0.05) is 31.7 Å². The lowest BCUT2D eigenvalue weighted by Gasteiger charge is -2.48. The fourth-order valence-corrected chi connectivity index (χ4v) is 3.01. The van der Waals surface area contributed by atoms with E-state index in [1.807, 2.05) is 0 Å². The molecule has 15 heavy (non-hydrogen) atoms. The van der Waals surface area contributed by atoms with Crippen LogP contribution in [0.5, 0.6) is 0 Å². The molecule has 2 fully saturated rings. The Bertz CT molecular complexity index is 194. The number of aliphatic hydroxyl groups excluding tert-OH is 1. The molecule has 0 spiro atoms.